The Balaban J connectivity index is 1.90. The van der Waals surface area contributed by atoms with Crippen LogP contribution in [0.15, 0.2) is 30.3 Å². The van der Waals surface area contributed by atoms with Crippen LogP contribution in [-0.2, 0) is 4.79 Å². The fourth-order valence-electron chi connectivity index (χ4n) is 2.33. The van der Waals surface area contributed by atoms with Crippen LogP contribution in [-0.4, -0.2) is 55.5 Å². The molecule has 1 fully saturated rings. The summed E-state index contributed by atoms with van der Waals surface area (Å²) in [5, 5.41) is 8.46. The standard InChI is InChI=1S/C17H21N3O2/c1-19-10-2-11-20(13-12-19)17(21)8-5-15-3-6-16(7-4-15)22-14-9-18/h3-8H,2,10-14H2,1H3/b8-5+. The summed E-state index contributed by atoms with van der Waals surface area (Å²) in [6.45, 7) is 3.59. The molecule has 1 amide bonds. The summed E-state index contributed by atoms with van der Waals surface area (Å²) in [4.78, 5) is 16.3. The fraction of sp³-hybridized carbons (Fsp3) is 0.412. The highest BCUT2D eigenvalue weighted by Crippen LogP contribution is 2.13. The van der Waals surface area contributed by atoms with Gasteiger partial charge in [0.15, 0.2) is 6.61 Å². The van der Waals surface area contributed by atoms with Crippen molar-refractivity contribution in [1.29, 1.82) is 5.26 Å². The molecule has 0 N–H and O–H groups in total. The Hall–Kier alpha value is -2.32. The number of nitriles is 1. The molecule has 5 heteroatoms. The normalized spacial score (nSPS) is 16.3. The van der Waals surface area contributed by atoms with Crippen molar-refractivity contribution in [2.45, 2.75) is 6.42 Å². The average molecular weight is 299 g/mol. The van der Waals surface area contributed by atoms with Crippen LogP contribution in [0.5, 0.6) is 5.75 Å². The molecule has 0 aromatic heterocycles. The first-order valence-electron chi connectivity index (χ1n) is 7.44. The van der Waals surface area contributed by atoms with E-state index in [1.54, 1.807) is 18.2 Å². The molecule has 1 aliphatic heterocycles. The minimum atomic E-state index is 0.0388. The van der Waals surface area contributed by atoms with Gasteiger partial charge in [0.05, 0.1) is 0 Å². The lowest BCUT2D eigenvalue weighted by Gasteiger charge is -2.18. The molecular formula is C17H21N3O2. The Bertz CT molecular complexity index is 560. The van der Waals surface area contributed by atoms with E-state index in [9.17, 15) is 4.79 Å². The summed E-state index contributed by atoms with van der Waals surface area (Å²) in [6.07, 6.45) is 4.45. The maximum atomic E-state index is 12.2. The van der Waals surface area contributed by atoms with Crippen molar-refractivity contribution < 1.29 is 9.53 Å². The molecule has 1 aromatic carbocycles. The summed E-state index contributed by atoms with van der Waals surface area (Å²) in [5.41, 5.74) is 0.935. The maximum absolute atomic E-state index is 12.2. The van der Waals surface area contributed by atoms with E-state index in [-0.39, 0.29) is 12.5 Å². The maximum Gasteiger partial charge on any atom is 0.246 e. The number of likely N-dealkylation sites (N-methyl/N-ethyl adjacent to an activating group) is 1. The van der Waals surface area contributed by atoms with Gasteiger partial charge >= 0.3 is 0 Å². The molecule has 1 saturated heterocycles. The van der Waals surface area contributed by atoms with Crippen molar-refractivity contribution in [3.05, 3.63) is 35.9 Å². The number of rotatable bonds is 4. The lowest BCUT2D eigenvalue weighted by molar-refractivity contribution is -0.125. The molecule has 116 valence electrons. The number of carbonyl (C=O) groups excluding carboxylic acids is 1. The molecule has 0 saturated carbocycles. The molecule has 5 nitrogen and oxygen atoms in total. The van der Waals surface area contributed by atoms with Crippen LogP contribution in [0.1, 0.15) is 12.0 Å². The number of nitrogens with zero attached hydrogens (tertiary/aromatic N) is 3. The van der Waals surface area contributed by atoms with Crippen LogP contribution < -0.4 is 4.74 Å². The van der Waals surface area contributed by atoms with E-state index in [1.165, 1.54) is 0 Å². The van der Waals surface area contributed by atoms with Gasteiger partial charge in [-0.2, -0.15) is 5.26 Å². The van der Waals surface area contributed by atoms with E-state index in [1.807, 2.05) is 29.2 Å². The molecule has 1 aromatic rings. The fourth-order valence-corrected chi connectivity index (χ4v) is 2.33. The molecular weight excluding hydrogens is 278 g/mol. The molecule has 1 heterocycles. The Labute approximate surface area is 131 Å². The minimum absolute atomic E-state index is 0.0388. The number of amides is 1. The Morgan fingerprint density at radius 2 is 2.05 bits per heavy atom. The van der Waals surface area contributed by atoms with Gasteiger partial charge < -0.3 is 14.5 Å². The van der Waals surface area contributed by atoms with Crippen LogP contribution in [0.4, 0.5) is 0 Å². The highest BCUT2D eigenvalue weighted by molar-refractivity contribution is 5.91. The van der Waals surface area contributed by atoms with Crippen LogP contribution in [0, 0.1) is 11.3 Å². The first kappa shape index (κ1) is 16.1. The van der Waals surface area contributed by atoms with Gasteiger partial charge in [0.2, 0.25) is 5.91 Å². The first-order valence-corrected chi connectivity index (χ1v) is 7.44. The topological polar surface area (TPSA) is 56.6 Å². The van der Waals surface area contributed by atoms with Gasteiger partial charge in [0.25, 0.3) is 0 Å². The van der Waals surface area contributed by atoms with Crippen molar-refractivity contribution in [3.8, 4) is 11.8 Å². The first-order chi connectivity index (χ1) is 10.7. The van der Waals surface area contributed by atoms with Crippen molar-refractivity contribution >= 4 is 12.0 Å². The van der Waals surface area contributed by atoms with Gasteiger partial charge in [-0.05, 0) is 43.8 Å². The lowest BCUT2D eigenvalue weighted by atomic mass is 10.2. The third-order valence-electron chi connectivity index (χ3n) is 3.63. The molecule has 2 rings (SSSR count). The van der Waals surface area contributed by atoms with Crippen molar-refractivity contribution in [1.82, 2.24) is 9.80 Å². The van der Waals surface area contributed by atoms with Gasteiger partial charge in [0.1, 0.15) is 11.8 Å². The Kier molecular flexibility index (Phi) is 5.99. The highest BCUT2D eigenvalue weighted by Gasteiger charge is 2.14. The van der Waals surface area contributed by atoms with Gasteiger partial charge in [0, 0.05) is 25.7 Å². The zero-order valence-corrected chi connectivity index (χ0v) is 12.9. The Morgan fingerprint density at radius 3 is 2.77 bits per heavy atom. The quantitative estimate of drug-likeness (QED) is 0.795. The van der Waals surface area contributed by atoms with Crippen LogP contribution in [0.3, 0.4) is 0 Å². The number of hydrogen-bond donors (Lipinski definition) is 0. The number of hydrogen-bond acceptors (Lipinski definition) is 4. The van der Waals surface area contributed by atoms with E-state index in [0.717, 1.165) is 38.2 Å². The van der Waals surface area contributed by atoms with E-state index < -0.39 is 0 Å². The van der Waals surface area contributed by atoms with E-state index >= 15 is 0 Å². The monoisotopic (exact) mass is 299 g/mol. The summed E-state index contributed by atoms with van der Waals surface area (Å²) >= 11 is 0. The number of ether oxygens (including phenoxy) is 1. The Morgan fingerprint density at radius 1 is 1.27 bits per heavy atom. The second kappa shape index (κ2) is 8.20. The molecule has 0 spiro atoms. The molecule has 0 bridgehead atoms. The van der Waals surface area contributed by atoms with Crippen LogP contribution in [0.25, 0.3) is 6.08 Å². The van der Waals surface area contributed by atoms with Crippen molar-refractivity contribution in [3.63, 3.8) is 0 Å². The van der Waals surface area contributed by atoms with Gasteiger partial charge in [-0.3, -0.25) is 4.79 Å². The predicted molar refractivity (Wildman–Crippen MR) is 85.3 cm³/mol. The minimum Gasteiger partial charge on any atom is -0.479 e. The van der Waals surface area contributed by atoms with Gasteiger partial charge in [-0.25, -0.2) is 0 Å². The van der Waals surface area contributed by atoms with Gasteiger partial charge in [-0.15, -0.1) is 0 Å². The summed E-state index contributed by atoms with van der Waals surface area (Å²) in [6, 6.07) is 9.25. The van der Waals surface area contributed by atoms with Crippen LogP contribution >= 0.6 is 0 Å². The van der Waals surface area contributed by atoms with Crippen molar-refractivity contribution in [2.24, 2.45) is 0 Å². The second-order valence-electron chi connectivity index (χ2n) is 5.33. The van der Waals surface area contributed by atoms with E-state index in [4.69, 9.17) is 10.00 Å². The van der Waals surface area contributed by atoms with Crippen molar-refractivity contribution in [2.75, 3.05) is 39.8 Å². The zero-order valence-electron chi connectivity index (χ0n) is 12.9. The summed E-state index contributed by atoms with van der Waals surface area (Å²) in [7, 11) is 2.08. The highest BCUT2D eigenvalue weighted by atomic mass is 16.5. The lowest BCUT2D eigenvalue weighted by Crippen LogP contribution is -2.33. The van der Waals surface area contributed by atoms with E-state index in [2.05, 4.69) is 11.9 Å². The molecule has 0 unspecified atom stereocenters. The van der Waals surface area contributed by atoms with Crippen LogP contribution in [0.2, 0.25) is 0 Å². The largest absolute Gasteiger partial charge is 0.479 e. The average Bonchev–Trinajstić information content (AvgIpc) is 2.76. The molecule has 0 radical (unpaired) electrons. The molecule has 0 aliphatic carbocycles. The number of carbonyl (C=O) groups is 1. The third kappa shape index (κ3) is 4.90. The smallest absolute Gasteiger partial charge is 0.246 e. The van der Waals surface area contributed by atoms with E-state index in [0.29, 0.717) is 5.75 Å². The zero-order chi connectivity index (χ0) is 15.8. The summed E-state index contributed by atoms with van der Waals surface area (Å²) in [5.74, 6) is 0.709. The molecule has 0 atom stereocenters. The molecule has 1 aliphatic rings. The molecule has 22 heavy (non-hydrogen) atoms. The third-order valence-corrected chi connectivity index (χ3v) is 3.63. The summed E-state index contributed by atoms with van der Waals surface area (Å²) < 4.78 is 5.19. The number of benzene rings is 1. The van der Waals surface area contributed by atoms with Gasteiger partial charge in [-0.1, -0.05) is 12.1 Å². The second-order valence-corrected chi connectivity index (χ2v) is 5.33. The SMILES string of the molecule is CN1CCCN(C(=O)/C=C/c2ccc(OCC#N)cc2)CC1. The predicted octanol–water partition coefficient (Wildman–Crippen LogP) is 1.77.